The first-order valence-corrected chi connectivity index (χ1v) is 8.11. The minimum atomic E-state index is -0.318. The lowest BCUT2D eigenvalue weighted by Gasteiger charge is -2.35. The Morgan fingerprint density at radius 2 is 1.90 bits per heavy atom. The second-order valence-electron chi connectivity index (χ2n) is 6.21. The van der Waals surface area contributed by atoms with Crippen molar-refractivity contribution in [3.05, 3.63) is 29.8 Å². The van der Waals surface area contributed by atoms with Crippen molar-refractivity contribution in [2.24, 2.45) is 0 Å². The number of nitrogens with zero attached hydrogens (tertiary/aromatic N) is 1. The summed E-state index contributed by atoms with van der Waals surface area (Å²) in [6.45, 7) is 10.0. The molecule has 0 aliphatic carbocycles. The smallest absolute Gasteiger partial charge is 0.109 e. The highest BCUT2D eigenvalue weighted by molar-refractivity contribution is 8.00. The van der Waals surface area contributed by atoms with Crippen molar-refractivity contribution in [3.63, 3.8) is 0 Å². The Kier molecular flexibility index (Phi) is 5.47. The van der Waals surface area contributed by atoms with E-state index in [4.69, 9.17) is 0 Å². The number of halogens is 1. The molecule has 1 saturated heterocycles. The third kappa shape index (κ3) is 4.21. The second-order valence-corrected chi connectivity index (χ2v) is 8.08. The van der Waals surface area contributed by atoms with Gasteiger partial charge in [0, 0.05) is 35.8 Å². The quantitative estimate of drug-likeness (QED) is 0.856. The lowest BCUT2D eigenvalue weighted by atomic mass is 10.1. The van der Waals surface area contributed by atoms with Gasteiger partial charge in [0.2, 0.25) is 0 Å². The number of nitrogens with one attached hydrogen (secondary N) is 1. The van der Waals surface area contributed by atoms with Crippen LogP contribution in [-0.2, 0) is 0 Å². The molecule has 0 aromatic heterocycles. The zero-order valence-corrected chi connectivity index (χ0v) is 13.5. The van der Waals surface area contributed by atoms with Crippen LogP contribution in [0.5, 0.6) is 0 Å². The number of piperazine rings is 1. The third-order valence-electron chi connectivity index (χ3n) is 3.43. The van der Waals surface area contributed by atoms with Gasteiger partial charge in [0.05, 0.1) is 6.04 Å². The molecule has 2 nitrogen and oxygen atoms in total. The molecule has 0 saturated carbocycles. The van der Waals surface area contributed by atoms with E-state index in [1.54, 1.807) is 0 Å². The molecular formula is C16H25FN2S. The number of benzene rings is 1. The fraction of sp³-hybridized carbons (Fsp3) is 0.625. The van der Waals surface area contributed by atoms with Gasteiger partial charge in [0.15, 0.2) is 0 Å². The molecule has 1 fully saturated rings. The molecule has 1 aromatic carbocycles. The van der Waals surface area contributed by atoms with Crippen LogP contribution in [0.15, 0.2) is 29.2 Å². The highest BCUT2D eigenvalue weighted by Gasteiger charge is 2.25. The van der Waals surface area contributed by atoms with Crippen molar-refractivity contribution in [1.82, 2.24) is 10.2 Å². The average Bonchev–Trinajstić information content (AvgIpc) is 2.41. The molecule has 1 aliphatic heterocycles. The summed E-state index contributed by atoms with van der Waals surface area (Å²) in [4.78, 5) is 3.47. The molecule has 1 heterocycles. The van der Waals surface area contributed by atoms with Gasteiger partial charge >= 0.3 is 0 Å². The van der Waals surface area contributed by atoms with Gasteiger partial charge in [0.25, 0.3) is 0 Å². The maximum atomic E-state index is 13.7. The predicted molar refractivity (Wildman–Crippen MR) is 85.2 cm³/mol. The molecule has 1 aromatic rings. The molecule has 2 rings (SSSR count). The van der Waals surface area contributed by atoms with Crippen LogP contribution in [0.2, 0.25) is 0 Å². The lowest BCUT2D eigenvalue weighted by molar-refractivity contribution is 0.146. The van der Waals surface area contributed by atoms with Gasteiger partial charge in [-0.25, -0.2) is 4.39 Å². The van der Waals surface area contributed by atoms with E-state index in [0.717, 1.165) is 31.7 Å². The molecule has 1 aliphatic rings. The van der Waals surface area contributed by atoms with Crippen LogP contribution in [0.25, 0.3) is 0 Å². The molecule has 0 bridgehead atoms. The Labute approximate surface area is 126 Å². The zero-order chi connectivity index (χ0) is 14.6. The summed E-state index contributed by atoms with van der Waals surface area (Å²) >= 11 is 1.83. The molecule has 0 radical (unpaired) electrons. The SMILES string of the molecule is CC(C)(C)Sc1ccccc1[C@H](CF)N1CCNCC1. The van der Waals surface area contributed by atoms with E-state index < -0.39 is 0 Å². The van der Waals surface area contributed by atoms with E-state index in [1.165, 1.54) is 4.90 Å². The summed E-state index contributed by atoms with van der Waals surface area (Å²) in [6.07, 6.45) is 0. The fourth-order valence-electron chi connectivity index (χ4n) is 2.55. The van der Waals surface area contributed by atoms with Gasteiger partial charge in [-0.15, -0.1) is 11.8 Å². The van der Waals surface area contributed by atoms with E-state index in [1.807, 2.05) is 23.9 Å². The minimum Gasteiger partial charge on any atom is -0.314 e. The van der Waals surface area contributed by atoms with Crippen molar-refractivity contribution >= 4 is 11.8 Å². The largest absolute Gasteiger partial charge is 0.314 e. The van der Waals surface area contributed by atoms with Gasteiger partial charge in [-0.05, 0) is 11.6 Å². The van der Waals surface area contributed by atoms with Crippen LogP contribution < -0.4 is 5.32 Å². The molecule has 0 spiro atoms. The molecule has 0 amide bonds. The summed E-state index contributed by atoms with van der Waals surface area (Å²) in [6, 6.07) is 8.16. The normalized spacial score (nSPS) is 19.0. The standard InChI is InChI=1S/C16H25FN2S/c1-16(2,3)20-15-7-5-4-6-13(15)14(12-17)19-10-8-18-9-11-19/h4-7,14,18H,8-12H2,1-3H3/t14-/m0/s1. The van der Waals surface area contributed by atoms with Crippen molar-refractivity contribution in [2.45, 2.75) is 36.5 Å². The van der Waals surface area contributed by atoms with Crippen LogP contribution >= 0.6 is 11.8 Å². The topological polar surface area (TPSA) is 15.3 Å². The maximum absolute atomic E-state index is 13.7. The van der Waals surface area contributed by atoms with Gasteiger partial charge in [-0.3, -0.25) is 4.90 Å². The third-order valence-corrected chi connectivity index (χ3v) is 4.64. The van der Waals surface area contributed by atoms with Crippen LogP contribution in [-0.4, -0.2) is 42.5 Å². The Morgan fingerprint density at radius 1 is 1.25 bits per heavy atom. The Hall–Kier alpha value is -0.580. The van der Waals surface area contributed by atoms with Gasteiger partial charge in [0.1, 0.15) is 6.67 Å². The van der Waals surface area contributed by atoms with Gasteiger partial charge in [-0.1, -0.05) is 39.0 Å². The average molecular weight is 296 g/mol. The first kappa shape index (κ1) is 15.8. The molecule has 20 heavy (non-hydrogen) atoms. The van der Waals surface area contributed by atoms with Crippen LogP contribution in [0, 0.1) is 0 Å². The van der Waals surface area contributed by atoms with Crippen LogP contribution in [0.1, 0.15) is 32.4 Å². The summed E-state index contributed by atoms with van der Waals surface area (Å²) in [5.41, 5.74) is 1.14. The number of alkyl halides is 1. The van der Waals surface area contributed by atoms with E-state index >= 15 is 0 Å². The summed E-state index contributed by atoms with van der Waals surface area (Å²) < 4.78 is 13.8. The fourth-order valence-corrected chi connectivity index (χ4v) is 3.68. The summed E-state index contributed by atoms with van der Waals surface area (Å²) in [5.74, 6) is 0. The highest BCUT2D eigenvalue weighted by Crippen LogP contribution is 2.37. The Bertz CT molecular complexity index is 425. The zero-order valence-electron chi connectivity index (χ0n) is 12.7. The van der Waals surface area contributed by atoms with E-state index in [0.29, 0.717) is 0 Å². The maximum Gasteiger partial charge on any atom is 0.109 e. The van der Waals surface area contributed by atoms with Crippen LogP contribution in [0.4, 0.5) is 4.39 Å². The molecular weight excluding hydrogens is 271 g/mol. The predicted octanol–water partition coefficient (Wildman–Crippen LogP) is 3.49. The molecule has 112 valence electrons. The molecule has 1 atom stereocenters. The molecule has 0 unspecified atom stereocenters. The Morgan fingerprint density at radius 3 is 2.50 bits per heavy atom. The number of thioether (sulfide) groups is 1. The van der Waals surface area contributed by atoms with E-state index in [-0.39, 0.29) is 17.5 Å². The van der Waals surface area contributed by atoms with E-state index in [2.05, 4.69) is 43.1 Å². The molecule has 1 N–H and O–H groups in total. The van der Waals surface area contributed by atoms with Crippen molar-refractivity contribution < 1.29 is 4.39 Å². The van der Waals surface area contributed by atoms with Gasteiger partial charge in [-0.2, -0.15) is 0 Å². The highest BCUT2D eigenvalue weighted by atomic mass is 32.2. The lowest BCUT2D eigenvalue weighted by Crippen LogP contribution is -2.45. The molecule has 4 heteroatoms. The van der Waals surface area contributed by atoms with Crippen molar-refractivity contribution in [2.75, 3.05) is 32.9 Å². The van der Waals surface area contributed by atoms with Crippen molar-refractivity contribution in [3.8, 4) is 0 Å². The van der Waals surface area contributed by atoms with Gasteiger partial charge < -0.3 is 5.32 Å². The number of rotatable bonds is 4. The first-order valence-electron chi connectivity index (χ1n) is 7.30. The number of hydrogen-bond donors (Lipinski definition) is 1. The minimum absolute atomic E-state index is 0.108. The van der Waals surface area contributed by atoms with E-state index in [9.17, 15) is 4.39 Å². The summed E-state index contributed by atoms with van der Waals surface area (Å²) in [5, 5.41) is 3.33. The summed E-state index contributed by atoms with van der Waals surface area (Å²) in [7, 11) is 0. The number of hydrogen-bond acceptors (Lipinski definition) is 3. The van der Waals surface area contributed by atoms with Crippen LogP contribution in [0.3, 0.4) is 0 Å². The first-order chi connectivity index (χ1) is 9.51. The second kappa shape index (κ2) is 6.92. The monoisotopic (exact) mass is 296 g/mol. The van der Waals surface area contributed by atoms with Crippen molar-refractivity contribution in [1.29, 1.82) is 0 Å². The Balaban J connectivity index is 2.24.